The van der Waals surface area contributed by atoms with E-state index in [1.165, 1.54) is 4.57 Å². The molecule has 1 saturated heterocycles. The standard InChI is InChI=1S/C13H19N3O2/c1-15-7-5-10(8-12(15)17)9-16-6-3-2-4-11(16)13(14)18/h5,7-8,11H,2-4,6,9H2,1H3,(H2,14,18). The second-order valence-electron chi connectivity index (χ2n) is 4.87. The second-order valence-corrected chi connectivity index (χ2v) is 4.87. The Balaban J connectivity index is 2.13. The highest BCUT2D eigenvalue weighted by Crippen LogP contribution is 2.18. The predicted octanol–water partition coefficient (Wildman–Crippen LogP) is 0.225. The fourth-order valence-corrected chi connectivity index (χ4v) is 2.42. The van der Waals surface area contributed by atoms with Crippen LogP contribution in [0.2, 0.25) is 0 Å². The van der Waals surface area contributed by atoms with E-state index in [-0.39, 0.29) is 17.5 Å². The van der Waals surface area contributed by atoms with Gasteiger partial charge in [0.05, 0.1) is 6.04 Å². The molecule has 0 radical (unpaired) electrons. The number of primary amides is 1. The molecule has 5 heteroatoms. The quantitative estimate of drug-likeness (QED) is 0.833. The first-order valence-corrected chi connectivity index (χ1v) is 6.27. The number of carbonyl (C=O) groups is 1. The lowest BCUT2D eigenvalue weighted by Gasteiger charge is -2.33. The summed E-state index contributed by atoms with van der Waals surface area (Å²) < 4.78 is 1.53. The predicted molar refractivity (Wildman–Crippen MR) is 68.9 cm³/mol. The van der Waals surface area contributed by atoms with Gasteiger partial charge in [0.1, 0.15) is 0 Å². The molecule has 18 heavy (non-hydrogen) atoms. The van der Waals surface area contributed by atoms with E-state index in [1.54, 1.807) is 19.3 Å². The molecule has 0 aromatic carbocycles. The molecule has 0 saturated carbocycles. The van der Waals surface area contributed by atoms with Gasteiger partial charge in [0, 0.05) is 25.9 Å². The van der Waals surface area contributed by atoms with Gasteiger partial charge in [-0.15, -0.1) is 0 Å². The Morgan fingerprint density at radius 3 is 2.94 bits per heavy atom. The maximum Gasteiger partial charge on any atom is 0.250 e. The minimum atomic E-state index is -0.265. The molecule has 1 amide bonds. The molecule has 2 heterocycles. The third kappa shape index (κ3) is 2.79. The van der Waals surface area contributed by atoms with Gasteiger partial charge in [-0.25, -0.2) is 0 Å². The minimum Gasteiger partial charge on any atom is -0.368 e. The minimum absolute atomic E-state index is 0.0277. The van der Waals surface area contributed by atoms with Crippen molar-refractivity contribution in [1.82, 2.24) is 9.47 Å². The Morgan fingerprint density at radius 1 is 1.50 bits per heavy atom. The molecule has 1 aromatic rings. The van der Waals surface area contributed by atoms with E-state index < -0.39 is 0 Å². The molecule has 1 aliphatic heterocycles. The van der Waals surface area contributed by atoms with Crippen LogP contribution in [0.1, 0.15) is 24.8 Å². The lowest BCUT2D eigenvalue weighted by Crippen LogP contribution is -2.47. The number of likely N-dealkylation sites (tertiary alicyclic amines) is 1. The second kappa shape index (κ2) is 5.35. The van der Waals surface area contributed by atoms with E-state index >= 15 is 0 Å². The van der Waals surface area contributed by atoms with Gasteiger partial charge in [-0.05, 0) is 31.0 Å². The van der Waals surface area contributed by atoms with Crippen molar-refractivity contribution in [3.05, 3.63) is 34.2 Å². The van der Waals surface area contributed by atoms with Crippen molar-refractivity contribution >= 4 is 5.91 Å². The molecule has 1 unspecified atom stereocenters. The van der Waals surface area contributed by atoms with Gasteiger partial charge in [0.25, 0.3) is 5.56 Å². The number of nitrogens with zero attached hydrogens (tertiary/aromatic N) is 2. The average molecular weight is 249 g/mol. The summed E-state index contributed by atoms with van der Waals surface area (Å²) in [6.45, 7) is 1.48. The SMILES string of the molecule is Cn1ccc(CN2CCCCC2C(N)=O)cc1=O. The summed E-state index contributed by atoms with van der Waals surface area (Å²) >= 11 is 0. The molecule has 1 fully saturated rings. The van der Waals surface area contributed by atoms with Crippen molar-refractivity contribution in [3.63, 3.8) is 0 Å². The number of carbonyl (C=O) groups excluding carboxylic acids is 1. The van der Waals surface area contributed by atoms with Crippen molar-refractivity contribution in [2.75, 3.05) is 6.54 Å². The van der Waals surface area contributed by atoms with Crippen LogP contribution in [-0.2, 0) is 18.4 Å². The molecule has 2 rings (SSSR count). The number of aryl methyl sites for hydroxylation is 1. The molecule has 5 nitrogen and oxygen atoms in total. The molecule has 0 bridgehead atoms. The monoisotopic (exact) mass is 249 g/mol. The maximum absolute atomic E-state index is 11.5. The lowest BCUT2D eigenvalue weighted by atomic mass is 10.0. The van der Waals surface area contributed by atoms with Crippen LogP contribution in [0.5, 0.6) is 0 Å². The Hall–Kier alpha value is -1.62. The number of piperidine rings is 1. The summed E-state index contributed by atoms with van der Waals surface area (Å²) in [5.41, 5.74) is 6.33. The summed E-state index contributed by atoms with van der Waals surface area (Å²) in [6, 6.07) is 3.34. The van der Waals surface area contributed by atoms with Crippen molar-refractivity contribution in [1.29, 1.82) is 0 Å². The van der Waals surface area contributed by atoms with Crippen LogP contribution in [0.25, 0.3) is 0 Å². The van der Waals surface area contributed by atoms with E-state index in [0.29, 0.717) is 6.54 Å². The zero-order chi connectivity index (χ0) is 13.1. The van der Waals surface area contributed by atoms with E-state index in [0.717, 1.165) is 31.4 Å². The van der Waals surface area contributed by atoms with Crippen LogP contribution in [0.4, 0.5) is 0 Å². The molecule has 98 valence electrons. The molecule has 0 aliphatic carbocycles. The zero-order valence-electron chi connectivity index (χ0n) is 10.6. The van der Waals surface area contributed by atoms with Crippen molar-refractivity contribution in [2.45, 2.75) is 31.8 Å². The van der Waals surface area contributed by atoms with Crippen molar-refractivity contribution in [3.8, 4) is 0 Å². The number of hydrogen-bond donors (Lipinski definition) is 1. The molecule has 0 spiro atoms. The molecule has 1 aliphatic rings. The van der Waals surface area contributed by atoms with E-state index in [4.69, 9.17) is 5.73 Å². The number of pyridine rings is 1. The number of amides is 1. The molecular formula is C13H19N3O2. The van der Waals surface area contributed by atoms with Crippen LogP contribution in [0.3, 0.4) is 0 Å². The fraction of sp³-hybridized carbons (Fsp3) is 0.538. The normalized spacial score (nSPS) is 20.8. The summed E-state index contributed by atoms with van der Waals surface area (Å²) in [6.07, 6.45) is 4.69. The van der Waals surface area contributed by atoms with Gasteiger partial charge in [0.15, 0.2) is 0 Å². The first kappa shape index (κ1) is 12.8. The Labute approximate surface area is 106 Å². The highest BCUT2D eigenvalue weighted by Gasteiger charge is 2.26. The largest absolute Gasteiger partial charge is 0.368 e. The van der Waals surface area contributed by atoms with E-state index in [1.807, 2.05) is 6.07 Å². The summed E-state index contributed by atoms with van der Waals surface area (Å²) in [7, 11) is 1.72. The van der Waals surface area contributed by atoms with Crippen LogP contribution in [0.15, 0.2) is 23.1 Å². The van der Waals surface area contributed by atoms with Crippen LogP contribution in [0, 0.1) is 0 Å². The molecule has 1 aromatic heterocycles. The summed E-state index contributed by atoms with van der Waals surface area (Å²) in [5, 5.41) is 0. The molecule has 2 N–H and O–H groups in total. The zero-order valence-corrected chi connectivity index (χ0v) is 10.6. The summed E-state index contributed by atoms with van der Waals surface area (Å²) in [4.78, 5) is 25.0. The molecular weight excluding hydrogens is 230 g/mol. The number of aromatic nitrogens is 1. The fourth-order valence-electron chi connectivity index (χ4n) is 2.42. The van der Waals surface area contributed by atoms with Gasteiger partial charge in [0.2, 0.25) is 5.91 Å². The maximum atomic E-state index is 11.5. The highest BCUT2D eigenvalue weighted by atomic mass is 16.1. The van der Waals surface area contributed by atoms with Gasteiger partial charge in [-0.2, -0.15) is 0 Å². The Kier molecular flexibility index (Phi) is 3.81. The van der Waals surface area contributed by atoms with Crippen LogP contribution in [-0.4, -0.2) is 28.0 Å². The lowest BCUT2D eigenvalue weighted by molar-refractivity contribution is -0.124. The summed E-state index contributed by atoms with van der Waals surface area (Å²) in [5.74, 6) is -0.265. The first-order chi connectivity index (χ1) is 8.58. The van der Waals surface area contributed by atoms with E-state index in [2.05, 4.69) is 4.90 Å². The molecule has 1 atom stereocenters. The number of nitrogens with two attached hydrogens (primary N) is 1. The third-order valence-electron chi connectivity index (χ3n) is 3.50. The number of hydrogen-bond acceptors (Lipinski definition) is 3. The van der Waals surface area contributed by atoms with Gasteiger partial charge in [-0.3, -0.25) is 14.5 Å². The first-order valence-electron chi connectivity index (χ1n) is 6.27. The number of rotatable bonds is 3. The third-order valence-corrected chi connectivity index (χ3v) is 3.50. The van der Waals surface area contributed by atoms with Crippen molar-refractivity contribution < 1.29 is 4.79 Å². The van der Waals surface area contributed by atoms with Gasteiger partial charge >= 0.3 is 0 Å². The van der Waals surface area contributed by atoms with Gasteiger partial charge < -0.3 is 10.3 Å². The smallest absolute Gasteiger partial charge is 0.250 e. The Bertz CT molecular complexity index is 495. The Morgan fingerprint density at radius 2 is 2.28 bits per heavy atom. The van der Waals surface area contributed by atoms with Crippen LogP contribution < -0.4 is 11.3 Å². The topological polar surface area (TPSA) is 68.3 Å². The van der Waals surface area contributed by atoms with Crippen molar-refractivity contribution in [2.24, 2.45) is 12.8 Å². The van der Waals surface area contributed by atoms with Crippen LogP contribution >= 0.6 is 0 Å². The van der Waals surface area contributed by atoms with Gasteiger partial charge in [-0.1, -0.05) is 6.42 Å². The highest BCUT2D eigenvalue weighted by molar-refractivity contribution is 5.79. The van der Waals surface area contributed by atoms with E-state index in [9.17, 15) is 9.59 Å². The average Bonchev–Trinajstić information content (AvgIpc) is 2.34.